The van der Waals surface area contributed by atoms with Crippen molar-refractivity contribution in [1.29, 1.82) is 0 Å². The van der Waals surface area contributed by atoms with Gasteiger partial charge in [-0.15, -0.1) is 0 Å². The minimum atomic E-state index is -0.466. The first-order valence-corrected chi connectivity index (χ1v) is 8.03. The quantitative estimate of drug-likeness (QED) is 0.309. The van der Waals surface area contributed by atoms with Gasteiger partial charge in [-0.3, -0.25) is 0 Å². The number of rotatable bonds is 12. The van der Waals surface area contributed by atoms with E-state index < -0.39 is 6.04 Å². The number of benzene rings is 1. The van der Waals surface area contributed by atoms with Crippen molar-refractivity contribution in [3.05, 3.63) is 42.1 Å². The number of allylic oxidation sites excluding steroid dienone is 1. The van der Waals surface area contributed by atoms with Crippen LogP contribution in [0.15, 0.2) is 36.6 Å². The molecule has 3 N–H and O–H groups in total. The molecule has 0 aliphatic heterocycles. The average Bonchev–Trinajstić information content (AvgIpc) is 2.61. The predicted molar refractivity (Wildman–Crippen MR) is 93.2 cm³/mol. The molecular formula is C18H26N2O4. The minimum Gasteiger partial charge on any atom is -0.493 e. The molecule has 0 saturated heterocycles. The molecule has 0 saturated carbocycles. The Bertz CT molecular complexity index is 554. The van der Waals surface area contributed by atoms with Crippen LogP contribution in [0.5, 0.6) is 11.5 Å². The third kappa shape index (κ3) is 7.33. The molecule has 24 heavy (non-hydrogen) atoms. The first-order chi connectivity index (χ1) is 11.7. The molecule has 1 unspecified atom stereocenters. The second-order valence-corrected chi connectivity index (χ2v) is 5.22. The van der Waals surface area contributed by atoms with Crippen LogP contribution in [0.1, 0.15) is 25.3 Å². The van der Waals surface area contributed by atoms with Gasteiger partial charge in [0.05, 0.1) is 19.8 Å². The van der Waals surface area contributed by atoms with E-state index in [-0.39, 0.29) is 0 Å². The first-order valence-electron chi connectivity index (χ1n) is 8.03. The molecule has 0 amide bonds. The monoisotopic (exact) mass is 334 g/mol. The van der Waals surface area contributed by atoms with Crippen LogP contribution in [0, 0.1) is 0 Å². The summed E-state index contributed by atoms with van der Waals surface area (Å²) in [6, 6.07) is 5.41. The average molecular weight is 334 g/mol. The van der Waals surface area contributed by atoms with Gasteiger partial charge in [0.25, 0.3) is 0 Å². The van der Waals surface area contributed by atoms with E-state index in [0.29, 0.717) is 13.2 Å². The third-order valence-corrected chi connectivity index (χ3v) is 3.35. The van der Waals surface area contributed by atoms with E-state index in [2.05, 4.69) is 12.2 Å². The van der Waals surface area contributed by atoms with Gasteiger partial charge in [-0.05, 0) is 36.7 Å². The molecule has 132 valence electrons. The van der Waals surface area contributed by atoms with Crippen LogP contribution in [0.3, 0.4) is 0 Å². The van der Waals surface area contributed by atoms with E-state index in [1.165, 1.54) is 6.08 Å². The lowest BCUT2D eigenvalue weighted by Gasteiger charge is -2.11. The van der Waals surface area contributed by atoms with Crippen molar-refractivity contribution in [3.8, 4) is 11.5 Å². The van der Waals surface area contributed by atoms with Gasteiger partial charge in [0, 0.05) is 12.6 Å². The highest BCUT2D eigenvalue weighted by molar-refractivity contribution is 5.46. The highest BCUT2D eigenvalue weighted by atomic mass is 16.5. The Morgan fingerprint density at radius 2 is 2.21 bits per heavy atom. The fourth-order valence-corrected chi connectivity index (χ4v) is 1.98. The van der Waals surface area contributed by atoms with Crippen LogP contribution < -0.4 is 20.3 Å². The van der Waals surface area contributed by atoms with Gasteiger partial charge in [0.15, 0.2) is 11.5 Å². The SMILES string of the molecule is CCCCOc1ccc(C/C=C/NCC(C=C=O)NO)cc1OC. The van der Waals surface area contributed by atoms with E-state index in [0.717, 1.165) is 36.3 Å². The molecular weight excluding hydrogens is 308 g/mol. The predicted octanol–water partition coefficient (Wildman–Crippen LogP) is 2.26. The maximum atomic E-state index is 10.2. The molecule has 0 aliphatic rings. The third-order valence-electron chi connectivity index (χ3n) is 3.35. The lowest BCUT2D eigenvalue weighted by Crippen LogP contribution is -2.33. The molecule has 1 aromatic rings. The molecule has 0 aromatic heterocycles. The van der Waals surface area contributed by atoms with E-state index >= 15 is 0 Å². The first kappa shape index (κ1) is 19.8. The zero-order valence-corrected chi connectivity index (χ0v) is 14.2. The van der Waals surface area contributed by atoms with Crippen LogP contribution >= 0.6 is 0 Å². The molecule has 6 nitrogen and oxygen atoms in total. The van der Waals surface area contributed by atoms with Crippen molar-refractivity contribution in [2.75, 3.05) is 20.3 Å². The molecule has 0 heterocycles. The maximum absolute atomic E-state index is 10.2. The molecule has 0 bridgehead atoms. The van der Waals surface area contributed by atoms with Crippen molar-refractivity contribution >= 4 is 5.94 Å². The lowest BCUT2D eigenvalue weighted by atomic mass is 10.1. The molecule has 1 rings (SSSR count). The molecule has 0 fully saturated rings. The Balaban J connectivity index is 2.50. The molecule has 1 aromatic carbocycles. The molecule has 0 aliphatic carbocycles. The topological polar surface area (TPSA) is 79.8 Å². The smallest absolute Gasteiger partial charge is 0.161 e. The van der Waals surface area contributed by atoms with Crippen molar-refractivity contribution < 1.29 is 19.5 Å². The Morgan fingerprint density at radius 3 is 2.88 bits per heavy atom. The number of nitrogens with one attached hydrogen (secondary N) is 2. The van der Waals surface area contributed by atoms with Crippen molar-refractivity contribution in [1.82, 2.24) is 10.8 Å². The van der Waals surface area contributed by atoms with Gasteiger partial charge >= 0.3 is 0 Å². The number of ether oxygens (including phenoxy) is 2. The highest BCUT2D eigenvalue weighted by Gasteiger charge is 2.05. The summed E-state index contributed by atoms with van der Waals surface area (Å²) in [6.07, 6.45) is 7.77. The summed E-state index contributed by atoms with van der Waals surface area (Å²) in [5.41, 5.74) is 3.10. The lowest BCUT2D eigenvalue weighted by molar-refractivity contribution is 0.144. The van der Waals surface area contributed by atoms with Crippen molar-refractivity contribution in [3.63, 3.8) is 0 Å². The molecule has 1 atom stereocenters. The number of hydrogen-bond acceptors (Lipinski definition) is 6. The van der Waals surface area contributed by atoms with Crippen molar-refractivity contribution in [2.45, 2.75) is 32.2 Å². The van der Waals surface area contributed by atoms with Crippen LogP contribution in [0.4, 0.5) is 0 Å². The van der Waals surface area contributed by atoms with Gasteiger partial charge in [0.2, 0.25) is 0 Å². The summed E-state index contributed by atoms with van der Waals surface area (Å²) in [5.74, 6) is 3.12. The van der Waals surface area contributed by atoms with Gasteiger partial charge in [-0.1, -0.05) is 25.5 Å². The second kappa shape index (κ2) is 12.2. The summed E-state index contributed by atoms with van der Waals surface area (Å²) in [4.78, 5) is 10.2. The van der Waals surface area contributed by atoms with E-state index in [1.54, 1.807) is 19.3 Å². The fourth-order valence-electron chi connectivity index (χ4n) is 1.98. The largest absolute Gasteiger partial charge is 0.493 e. The standard InChI is InChI=1S/C18H26N2O4/c1-3-4-12-24-17-8-7-15(13-18(17)23-2)6-5-10-19-14-16(20-22)9-11-21/h5,7-10,13,16,19-20,22H,3-4,6,12,14H2,1-2H3/b10-5+. The zero-order chi connectivity index (χ0) is 17.6. The maximum Gasteiger partial charge on any atom is 0.161 e. The van der Waals surface area contributed by atoms with Crippen molar-refractivity contribution in [2.24, 2.45) is 0 Å². The van der Waals surface area contributed by atoms with Gasteiger partial charge in [0.1, 0.15) is 5.94 Å². The normalized spacial score (nSPS) is 11.8. The van der Waals surface area contributed by atoms with Gasteiger partial charge in [-0.2, -0.15) is 5.48 Å². The van der Waals surface area contributed by atoms with Crippen LogP contribution in [0.25, 0.3) is 0 Å². The fraction of sp³-hybridized carbons (Fsp3) is 0.444. The van der Waals surface area contributed by atoms with Crippen LogP contribution in [-0.2, 0) is 11.2 Å². The Kier molecular flexibility index (Phi) is 10.0. The second-order valence-electron chi connectivity index (χ2n) is 5.22. The van der Waals surface area contributed by atoms with E-state index in [9.17, 15) is 4.79 Å². The Hall–Kier alpha value is -2.27. The van der Waals surface area contributed by atoms with Gasteiger partial charge in [-0.25, -0.2) is 4.79 Å². The van der Waals surface area contributed by atoms with Crippen LogP contribution in [-0.4, -0.2) is 37.5 Å². The van der Waals surface area contributed by atoms with E-state index in [4.69, 9.17) is 14.7 Å². The van der Waals surface area contributed by atoms with E-state index in [1.807, 2.05) is 29.8 Å². The summed E-state index contributed by atoms with van der Waals surface area (Å²) in [5, 5.41) is 11.8. The summed E-state index contributed by atoms with van der Waals surface area (Å²) in [6.45, 7) is 3.19. The van der Waals surface area contributed by atoms with Crippen LogP contribution in [0.2, 0.25) is 0 Å². The summed E-state index contributed by atoms with van der Waals surface area (Å²) < 4.78 is 11.1. The number of hydroxylamine groups is 1. The minimum absolute atomic E-state index is 0.385. The number of carbonyl (C=O) groups excluding carboxylic acids is 1. The molecule has 0 spiro atoms. The molecule has 6 heteroatoms. The Labute approximate surface area is 143 Å². The number of methoxy groups -OCH3 is 1. The number of unbranched alkanes of at least 4 members (excludes halogenated alkanes) is 1. The molecule has 0 radical (unpaired) electrons. The highest BCUT2D eigenvalue weighted by Crippen LogP contribution is 2.28. The Morgan fingerprint density at radius 1 is 1.38 bits per heavy atom. The number of hydrogen-bond donors (Lipinski definition) is 3. The zero-order valence-electron chi connectivity index (χ0n) is 14.2. The summed E-state index contributed by atoms with van der Waals surface area (Å²) >= 11 is 0. The van der Waals surface area contributed by atoms with Gasteiger partial charge < -0.3 is 20.0 Å². The summed E-state index contributed by atoms with van der Waals surface area (Å²) in [7, 11) is 1.63.